The molecule has 0 fully saturated rings. The van der Waals surface area contributed by atoms with Crippen molar-refractivity contribution in [2.75, 3.05) is 6.61 Å². The average Bonchev–Trinajstić information content (AvgIpc) is 2.20. The Morgan fingerprint density at radius 2 is 1.56 bits per heavy atom. The minimum Gasteiger partial charge on any atom is -0.397 e. The molecule has 0 bridgehead atoms. The van der Waals surface area contributed by atoms with Crippen LogP contribution in [0.2, 0.25) is 0 Å². The number of aliphatic hydroxyl groups is 1. The van der Waals surface area contributed by atoms with Gasteiger partial charge in [-0.25, -0.2) is 4.57 Å². The molecule has 0 aliphatic heterocycles. The normalized spacial score (nSPS) is 7.94. The largest absolute Gasteiger partial charge is 0.397 e. The zero-order chi connectivity index (χ0) is 12.8. The van der Waals surface area contributed by atoms with Gasteiger partial charge < -0.3 is 20.4 Å². The van der Waals surface area contributed by atoms with E-state index in [-0.39, 0.29) is 6.61 Å². The summed E-state index contributed by atoms with van der Waals surface area (Å²) < 4.78 is 2.18. The van der Waals surface area contributed by atoms with E-state index >= 15 is 0 Å². The van der Waals surface area contributed by atoms with E-state index < -0.39 is 5.09 Å². The van der Waals surface area contributed by atoms with E-state index in [1.807, 2.05) is 6.07 Å². The third kappa shape index (κ3) is 18.2. The van der Waals surface area contributed by atoms with Gasteiger partial charge >= 0.3 is 0 Å². The van der Waals surface area contributed by atoms with Crippen LogP contribution >= 0.6 is 0 Å². The Labute approximate surface area is 94.9 Å². The Hall–Kier alpha value is -1.69. The molecule has 0 saturated carbocycles. The highest BCUT2D eigenvalue weighted by Crippen LogP contribution is 1.78. The molecule has 0 aliphatic carbocycles. The number of aryl methyl sites for hydroxylation is 1. The summed E-state index contributed by atoms with van der Waals surface area (Å²) in [5, 5.41) is 22.3. The van der Waals surface area contributed by atoms with Gasteiger partial charge in [0, 0.05) is 25.2 Å². The quantitative estimate of drug-likeness (QED) is 0.468. The Morgan fingerprint density at radius 3 is 1.88 bits per heavy atom. The van der Waals surface area contributed by atoms with Crippen LogP contribution in [0.1, 0.15) is 20.3 Å². The zero-order valence-electron chi connectivity index (χ0n) is 9.57. The summed E-state index contributed by atoms with van der Waals surface area (Å²) in [5.74, 6) is 0. The Balaban J connectivity index is 0. The maximum absolute atomic E-state index is 8.25. The minimum atomic E-state index is -1.75. The van der Waals surface area contributed by atoms with Gasteiger partial charge in [0.25, 0.3) is 0 Å². The van der Waals surface area contributed by atoms with Crippen molar-refractivity contribution < 1.29 is 14.8 Å². The Morgan fingerprint density at radius 1 is 1.19 bits per heavy atom. The van der Waals surface area contributed by atoms with Crippen LogP contribution in [0, 0.1) is 15.3 Å². The van der Waals surface area contributed by atoms with Crippen LogP contribution in [0.5, 0.6) is 0 Å². The molecule has 1 N–H and O–H groups in total. The van der Waals surface area contributed by atoms with E-state index in [0.717, 1.165) is 6.54 Å². The summed E-state index contributed by atoms with van der Waals surface area (Å²) in [6.45, 7) is 5.24. The van der Waals surface area contributed by atoms with Gasteiger partial charge in [-0.15, -0.1) is 0 Å². The SMILES string of the molecule is CCC[n+]1ccccc1.CCO.O=[N+]([O-])[O-]. The number of aromatic nitrogens is 1. The Kier molecular flexibility index (Phi) is 13.9. The van der Waals surface area contributed by atoms with Gasteiger partial charge in [0.05, 0.1) is 5.09 Å². The molecule has 0 saturated heterocycles. The van der Waals surface area contributed by atoms with Gasteiger partial charge in [-0.3, -0.25) is 0 Å². The van der Waals surface area contributed by atoms with Crippen molar-refractivity contribution in [2.24, 2.45) is 0 Å². The molecule has 0 aromatic carbocycles. The maximum Gasteiger partial charge on any atom is 0.168 e. The molecule has 1 aromatic heterocycles. The van der Waals surface area contributed by atoms with E-state index in [4.69, 9.17) is 20.4 Å². The van der Waals surface area contributed by atoms with Crippen LogP contribution in [-0.4, -0.2) is 16.8 Å². The highest BCUT2D eigenvalue weighted by atomic mass is 16.9. The lowest BCUT2D eigenvalue weighted by molar-refractivity contribution is -0.697. The van der Waals surface area contributed by atoms with Crippen molar-refractivity contribution >= 4 is 0 Å². The fourth-order valence-corrected chi connectivity index (χ4v) is 0.842. The first-order valence-corrected chi connectivity index (χ1v) is 4.94. The zero-order valence-corrected chi connectivity index (χ0v) is 9.57. The lowest BCUT2D eigenvalue weighted by atomic mass is 10.4. The Bertz CT molecular complexity index is 250. The first kappa shape index (κ1) is 16.7. The predicted molar refractivity (Wildman–Crippen MR) is 60.0 cm³/mol. The standard InChI is InChI=1S/C8H12N.C2H6O.NO3/c1-2-6-9-7-4-3-5-8-9;1-2-3;2-1(3)4/h3-5,7-8H,2,6H2,1H3;3H,2H2,1H3;/q+1;;-1. The van der Waals surface area contributed by atoms with Crippen molar-refractivity contribution in [2.45, 2.75) is 26.8 Å². The summed E-state index contributed by atoms with van der Waals surface area (Å²) >= 11 is 0. The summed E-state index contributed by atoms with van der Waals surface area (Å²) in [7, 11) is 0. The van der Waals surface area contributed by atoms with Crippen molar-refractivity contribution in [1.82, 2.24) is 0 Å². The van der Waals surface area contributed by atoms with Crippen LogP contribution < -0.4 is 4.57 Å². The second-order valence-electron chi connectivity index (χ2n) is 2.65. The number of aliphatic hydroxyl groups excluding tert-OH is 1. The van der Waals surface area contributed by atoms with E-state index in [0.29, 0.717) is 0 Å². The molecule has 0 unspecified atom stereocenters. The van der Waals surface area contributed by atoms with Crippen LogP contribution in [0.4, 0.5) is 0 Å². The minimum absolute atomic E-state index is 0.250. The van der Waals surface area contributed by atoms with E-state index in [1.54, 1.807) is 6.92 Å². The van der Waals surface area contributed by atoms with Gasteiger partial charge in [-0.2, -0.15) is 0 Å². The summed E-state index contributed by atoms with van der Waals surface area (Å²) in [4.78, 5) is 8.25. The lowest BCUT2D eigenvalue weighted by Crippen LogP contribution is -2.31. The second-order valence-corrected chi connectivity index (χ2v) is 2.65. The molecule has 6 heteroatoms. The molecule has 0 aliphatic rings. The fourth-order valence-electron chi connectivity index (χ4n) is 0.842. The molecule has 0 amide bonds. The molecule has 0 spiro atoms. The summed E-state index contributed by atoms with van der Waals surface area (Å²) in [6, 6.07) is 6.14. The van der Waals surface area contributed by atoms with Crippen molar-refractivity contribution in [3.63, 3.8) is 0 Å². The molecule has 16 heavy (non-hydrogen) atoms. The molecule has 6 nitrogen and oxygen atoms in total. The van der Waals surface area contributed by atoms with Gasteiger partial charge in [0.1, 0.15) is 6.54 Å². The maximum atomic E-state index is 8.25. The smallest absolute Gasteiger partial charge is 0.168 e. The van der Waals surface area contributed by atoms with Crippen LogP contribution in [-0.2, 0) is 6.54 Å². The molecule has 1 aromatic rings. The number of nitrogens with zero attached hydrogens (tertiary/aromatic N) is 2. The molecule has 1 rings (SSSR count). The van der Waals surface area contributed by atoms with E-state index in [9.17, 15) is 0 Å². The molecule has 0 atom stereocenters. The first-order valence-electron chi connectivity index (χ1n) is 4.94. The molecule has 0 radical (unpaired) electrons. The monoisotopic (exact) mass is 230 g/mol. The third-order valence-corrected chi connectivity index (χ3v) is 1.26. The molecular weight excluding hydrogens is 212 g/mol. The number of pyridine rings is 1. The second kappa shape index (κ2) is 13.3. The van der Waals surface area contributed by atoms with Crippen molar-refractivity contribution in [1.29, 1.82) is 0 Å². The molecule has 92 valence electrons. The highest BCUT2D eigenvalue weighted by Gasteiger charge is 1.90. The van der Waals surface area contributed by atoms with Gasteiger partial charge in [-0.1, -0.05) is 13.0 Å². The van der Waals surface area contributed by atoms with Crippen molar-refractivity contribution in [3.8, 4) is 0 Å². The molecule has 1 heterocycles. The average molecular weight is 230 g/mol. The van der Waals surface area contributed by atoms with Crippen LogP contribution in [0.3, 0.4) is 0 Å². The topological polar surface area (TPSA) is 90.3 Å². The number of rotatable bonds is 2. The van der Waals surface area contributed by atoms with E-state index in [2.05, 4.69) is 36.0 Å². The lowest BCUT2D eigenvalue weighted by Gasteiger charge is -1.88. The number of hydrogen-bond donors (Lipinski definition) is 1. The number of hydrogen-bond acceptors (Lipinski definition) is 4. The van der Waals surface area contributed by atoms with Gasteiger partial charge in [-0.05, 0) is 6.92 Å². The third-order valence-electron chi connectivity index (χ3n) is 1.26. The van der Waals surface area contributed by atoms with Gasteiger partial charge in [0.2, 0.25) is 0 Å². The fraction of sp³-hybridized carbons (Fsp3) is 0.500. The summed E-state index contributed by atoms with van der Waals surface area (Å²) in [6.07, 6.45) is 5.38. The van der Waals surface area contributed by atoms with Gasteiger partial charge in [0.15, 0.2) is 12.4 Å². The van der Waals surface area contributed by atoms with Crippen molar-refractivity contribution in [3.05, 3.63) is 45.9 Å². The molecular formula is C10H18N2O4. The first-order chi connectivity index (χ1) is 7.58. The summed E-state index contributed by atoms with van der Waals surface area (Å²) in [5.41, 5.74) is 0. The highest BCUT2D eigenvalue weighted by molar-refractivity contribution is 4.83. The van der Waals surface area contributed by atoms with Crippen LogP contribution in [0.25, 0.3) is 0 Å². The van der Waals surface area contributed by atoms with Crippen LogP contribution in [0.15, 0.2) is 30.6 Å². The van der Waals surface area contributed by atoms with E-state index in [1.165, 1.54) is 6.42 Å². The predicted octanol–water partition coefficient (Wildman–Crippen LogP) is 1.14.